The second-order valence-corrected chi connectivity index (χ2v) is 17.1. The van der Waals surface area contributed by atoms with Crippen LogP contribution in [-0.4, -0.2) is 80.7 Å². The largest absolute Gasteiger partial charge is 0.422 e. The van der Waals surface area contributed by atoms with E-state index in [0.29, 0.717) is 61.1 Å². The molecule has 316 valence electrons. The van der Waals surface area contributed by atoms with Crippen LogP contribution in [0.5, 0.6) is 0 Å². The molecule has 2 N–H and O–H groups in total. The van der Waals surface area contributed by atoms with E-state index in [1.165, 1.54) is 0 Å². The predicted octanol–water partition coefficient (Wildman–Crippen LogP) is 6.02. The van der Waals surface area contributed by atoms with Crippen LogP contribution in [-0.2, 0) is 34.3 Å². The molecule has 0 spiro atoms. The highest BCUT2D eigenvalue weighted by Gasteiger charge is 2.42. The van der Waals surface area contributed by atoms with Gasteiger partial charge in [0.05, 0.1) is 42.7 Å². The number of aromatic nitrogens is 1. The number of pyridine rings is 1. The fourth-order valence-electron chi connectivity index (χ4n) is 6.52. The number of halogens is 1. The van der Waals surface area contributed by atoms with E-state index in [1.54, 1.807) is 41.1 Å². The maximum Gasteiger partial charge on any atom is 0.343 e. The number of amides is 2. The topological polar surface area (TPSA) is 167 Å². The highest BCUT2D eigenvalue weighted by molar-refractivity contribution is 7.48. The summed E-state index contributed by atoms with van der Waals surface area (Å²) in [6.07, 6.45) is 8.52. The number of nitrogens with zero attached hydrogens (tertiary/aromatic N) is 4. The number of carbonyl (C=O) groups excluding carboxylic acids is 2. The molecule has 14 nitrogen and oxygen atoms in total. The SMILES string of the molecule is CCN(CC)c1ccc2cc(/C=C/c3ccc([PH](=O)OCCCCNC(=O)CF)c[n+]3CC(=O)NCCCCCOP3OC(CC#N)C(C)N3C(C)C)c(=O)oc2c1. The summed E-state index contributed by atoms with van der Waals surface area (Å²) >= 11 is 0. The quantitative estimate of drug-likeness (QED) is 0.0469. The fourth-order valence-corrected chi connectivity index (χ4v) is 9.40. The molecule has 4 unspecified atom stereocenters. The van der Waals surface area contributed by atoms with Gasteiger partial charge in [-0.1, -0.05) is 0 Å². The van der Waals surface area contributed by atoms with Crippen molar-refractivity contribution in [1.82, 2.24) is 15.3 Å². The van der Waals surface area contributed by atoms with Gasteiger partial charge in [-0.15, -0.1) is 0 Å². The molecular weight excluding hydrogens is 785 g/mol. The normalized spacial score (nSPS) is 17.5. The zero-order valence-electron chi connectivity index (χ0n) is 34.2. The van der Waals surface area contributed by atoms with E-state index >= 15 is 0 Å². The molecule has 2 aromatic heterocycles. The minimum atomic E-state index is -2.69. The van der Waals surface area contributed by atoms with Crippen LogP contribution in [0.2, 0.25) is 0 Å². The molecule has 1 saturated heterocycles. The molecule has 17 heteroatoms. The number of benzene rings is 1. The first-order valence-corrected chi connectivity index (χ1v) is 22.5. The van der Waals surface area contributed by atoms with Crippen LogP contribution < -0.4 is 31.0 Å². The molecular formula is C41H58FN6O8P2+. The summed E-state index contributed by atoms with van der Waals surface area (Å²) in [5, 5.41) is 15.8. The second kappa shape index (κ2) is 24.2. The molecule has 2 amide bonds. The van der Waals surface area contributed by atoms with E-state index in [0.717, 1.165) is 43.4 Å². The zero-order chi connectivity index (χ0) is 42.0. The van der Waals surface area contributed by atoms with Gasteiger partial charge in [-0.2, -0.15) is 9.83 Å². The Balaban J connectivity index is 1.38. The van der Waals surface area contributed by atoms with Gasteiger partial charge in [-0.3, -0.25) is 14.2 Å². The first kappa shape index (κ1) is 46.7. The Bertz CT molecular complexity index is 1970. The van der Waals surface area contributed by atoms with E-state index in [1.807, 2.05) is 18.2 Å². The van der Waals surface area contributed by atoms with Crippen LogP contribution in [0.15, 0.2) is 51.8 Å². The van der Waals surface area contributed by atoms with Crippen molar-refractivity contribution in [3.63, 3.8) is 0 Å². The molecule has 1 aliphatic rings. The summed E-state index contributed by atoms with van der Waals surface area (Å²) in [6, 6.07) is 13.5. The van der Waals surface area contributed by atoms with E-state index in [4.69, 9.17) is 23.3 Å². The fraction of sp³-hybridized carbons (Fsp3) is 0.537. The lowest BCUT2D eigenvalue weighted by atomic mass is 10.1. The minimum Gasteiger partial charge on any atom is -0.422 e. The second-order valence-electron chi connectivity index (χ2n) is 14.2. The summed E-state index contributed by atoms with van der Waals surface area (Å²) in [4.78, 5) is 39.5. The molecule has 3 aromatic rings. The lowest BCUT2D eigenvalue weighted by Crippen LogP contribution is -2.46. The number of hydrogen-bond acceptors (Lipinski definition) is 11. The summed E-state index contributed by atoms with van der Waals surface area (Å²) in [7, 11) is -3.92. The Morgan fingerprint density at radius 2 is 1.78 bits per heavy atom. The van der Waals surface area contributed by atoms with Gasteiger partial charge in [0.25, 0.3) is 20.3 Å². The maximum absolute atomic E-state index is 13.2. The van der Waals surface area contributed by atoms with E-state index in [9.17, 15) is 23.3 Å². The van der Waals surface area contributed by atoms with Crippen molar-refractivity contribution in [2.24, 2.45) is 0 Å². The molecule has 4 rings (SSSR count). The molecule has 0 saturated carbocycles. The first-order valence-electron chi connectivity index (χ1n) is 20.0. The van der Waals surface area contributed by atoms with Gasteiger partial charge >= 0.3 is 5.63 Å². The molecule has 0 bridgehead atoms. The molecule has 1 aliphatic heterocycles. The Morgan fingerprint density at radius 1 is 1.05 bits per heavy atom. The number of anilines is 1. The van der Waals surface area contributed by atoms with Crippen molar-refractivity contribution < 1.29 is 41.1 Å². The van der Waals surface area contributed by atoms with Gasteiger partial charge in [0.15, 0.2) is 12.9 Å². The minimum absolute atomic E-state index is 0.0742. The maximum atomic E-state index is 13.2. The first-order chi connectivity index (χ1) is 28.0. The van der Waals surface area contributed by atoms with Crippen molar-refractivity contribution in [1.29, 1.82) is 5.26 Å². The Kier molecular flexibility index (Phi) is 19.4. The van der Waals surface area contributed by atoms with Crippen LogP contribution >= 0.6 is 16.6 Å². The average Bonchev–Trinajstić information content (AvgIpc) is 3.52. The number of hydrogen-bond donors (Lipinski definition) is 2. The van der Waals surface area contributed by atoms with Crippen LogP contribution in [0.3, 0.4) is 0 Å². The molecule has 58 heavy (non-hydrogen) atoms. The van der Waals surface area contributed by atoms with Gasteiger partial charge < -0.3 is 33.5 Å². The van der Waals surface area contributed by atoms with Gasteiger partial charge in [0.1, 0.15) is 5.58 Å². The number of carbonyl (C=O) groups is 2. The summed E-state index contributed by atoms with van der Waals surface area (Å²) in [6.45, 7) is 12.3. The molecule has 3 heterocycles. The number of unbranched alkanes of at least 4 members (excludes halogenated alkanes) is 3. The van der Waals surface area contributed by atoms with E-state index in [2.05, 4.69) is 60.9 Å². The van der Waals surface area contributed by atoms with Crippen LogP contribution in [0, 0.1) is 11.3 Å². The monoisotopic (exact) mass is 843 g/mol. The van der Waals surface area contributed by atoms with Crippen molar-refractivity contribution >= 4 is 62.5 Å². The van der Waals surface area contributed by atoms with Crippen molar-refractivity contribution in [3.8, 4) is 6.07 Å². The van der Waals surface area contributed by atoms with Crippen LogP contribution in [0.4, 0.5) is 10.1 Å². The van der Waals surface area contributed by atoms with Crippen molar-refractivity contribution in [2.75, 3.05) is 51.0 Å². The number of alkyl halides is 1. The van der Waals surface area contributed by atoms with Gasteiger partial charge in [-0.05, 0) is 97.1 Å². The molecule has 1 aromatic carbocycles. The number of nitrogens with one attached hydrogen (secondary N) is 2. The van der Waals surface area contributed by atoms with Gasteiger partial charge in [0.2, 0.25) is 20.3 Å². The third-order valence-corrected chi connectivity index (χ3v) is 13.0. The van der Waals surface area contributed by atoms with Gasteiger partial charge in [0, 0.05) is 67.5 Å². The summed E-state index contributed by atoms with van der Waals surface area (Å²) < 4.78 is 52.9. The Hall–Kier alpha value is -4.02. The Morgan fingerprint density at radius 3 is 2.48 bits per heavy atom. The molecule has 0 radical (unpaired) electrons. The molecule has 1 fully saturated rings. The van der Waals surface area contributed by atoms with Crippen molar-refractivity contribution in [3.05, 3.63) is 64.3 Å². The highest BCUT2D eigenvalue weighted by Crippen LogP contribution is 2.54. The predicted molar refractivity (Wildman–Crippen MR) is 226 cm³/mol. The van der Waals surface area contributed by atoms with Crippen LogP contribution in [0.25, 0.3) is 23.1 Å². The lowest BCUT2D eigenvalue weighted by molar-refractivity contribution is -0.685. The van der Waals surface area contributed by atoms with E-state index in [-0.39, 0.29) is 37.2 Å². The number of fused-ring (bicyclic) bond motifs is 1. The lowest BCUT2D eigenvalue weighted by Gasteiger charge is -2.28. The highest BCUT2D eigenvalue weighted by atomic mass is 31.2. The van der Waals surface area contributed by atoms with E-state index < -0.39 is 34.8 Å². The number of rotatable bonds is 24. The van der Waals surface area contributed by atoms with Crippen molar-refractivity contribution in [2.45, 2.75) is 97.9 Å². The van der Waals surface area contributed by atoms with Gasteiger partial charge in [-0.25, -0.2) is 13.9 Å². The third-order valence-electron chi connectivity index (χ3n) is 9.70. The summed E-state index contributed by atoms with van der Waals surface area (Å²) in [5.41, 5.74) is 1.88. The smallest absolute Gasteiger partial charge is 0.343 e. The number of nitriles is 1. The standard InChI is InChI=1S/C41H57FN6O8P2/c1-6-46(7-2)35-16-13-32-25-33(41(51)55-38(32)26-35)14-15-34-17-18-36(57(52)53-23-12-10-22-44-39(49)27-42)28-47(34)29-40(50)45-21-9-8-11-24-54-58-48(30(3)4)31(5)37(56-58)19-20-43/h13-18,25-26,28,30-31,37,57H,6-12,19,21-24,27,29H2,1-5H3,(H-,44,45,49,50)/p+1. The molecule has 0 aliphatic carbocycles. The average molecular weight is 844 g/mol. The third kappa shape index (κ3) is 13.8. The molecule has 4 atom stereocenters. The Labute approximate surface area is 342 Å². The van der Waals surface area contributed by atoms with Crippen LogP contribution in [0.1, 0.15) is 84.4 Å². The summed E-state index contributed by atoms with van der Waals surface area (Å²) in [5.74, 6) is -0.921. The zero-order valence-corrected chi connectivity index (χ0v) is 36.1.